The van der Waals surface area contributed by atoms with Crippen LogP contribution in [0.1, 0.15) is 18.6 Å². The lowest BCUT2D eigenvalue weighted by atomic mass is 10.1. The number of alkyl halides is 3. The van der Waals surface area contributed by atoms with E-state index in [0.29, 0.717) is 5.56 Å². The van der Waals surface area contributed by atoms with Crippen LogP contribution in [-0.2, 0) is 4.79 Å². The van der Waals surface area contributed by atoms with Crippen molar-refractivity contribution in [2.75, 3.05) is 13.2 Å². The fourth-order valence-electron chi connectivity index (χ4n) is 1.35. The molecule has 0 saturated heterocycles. The number of carbonyl (C=O) groups is 1. The zero-order chi connectivity index (χ0) is 14.5. The third-order valence-electron chi connectivity index (χ3n) is 2.21. The number of amides is 1. The summed E-state index contributed by atoms with van der Waals surface area (Å²) in [5, 5.41) is 11.1. The third kappa shape index (κ3) is 5.60. The van der Waals surface area contributed by atoms with Gasteiger partial charge in [-0.1, -0.05) is 18.2 Å². The molecule has 106 valence electrons. The molecule has 7 heteroatoms. The summed E-state index contributed by atoms with van der Waals surface area (Å²) in [5.74, 6) is -0.614. The maximum Gasteiger partial charge on any atom is 0.405 e. The van der Waals surface area contributed by atoms with Gasteiger partial charge < -0.3 is 15.2 Å². The van der Waals surface area contributed by atoms with Crippen molar-refractivity contribution in [3.05, 3.63) is 29.8 Å². The van der Waals surface area contributed by atoms with E-state index in [2.05, 4.69) is 0 Å². The van der Waals surface area contributed by atoms with Crippen LogP contribution < -0.4 is 10.1 Å². The highest BCUT2D eigenvalue weighted by Gasteiger charge is 2.27. The van der Waals surface area contributed by atoms with Crippen molar-refractivity contribution in [1.82, 2.24) is 5.32 Å². The predicted molar refractivity (Wildman–Crippen MR) is 61.6 cm³/mol. The number of hydrogen-bond acceptors (Lipinski definition) is 3. The Morgan fingerprint density at radius 3 is 2.63 bits per heavy atom. The van der Waals surface area contributed by atoms with Crippen molar-refractivity contribution >= 4 is 5.91 Å². The summed E-state index contributed by atoms with van der Waals surface area (Å²) < 4.78 is 40.7. The molecule has 1 aromatic rings. The van der Waals surface area contributed by atoms with Crippen LogP contribution in [0, 0.1) is 0 Å². The van der Waals surface area contributed by atoms with E-state index in [1.54, 1.807) is 23.5 Å². The molecule has 0 aliphatic rings. The first-order valence-corrected chi connectivity index (χ1v) is 5.53. The third-order valence-corrected chi connectivity index (χ3v) is 2.21. The Morgan fingerprint density at radius 1 is 1.42 bits per heavy atom. The van der Waals surface area contributed by atoms with Crippen molar-refractivity contribution < 1.29 is 27.8 Å². The van der Waals surface area contributed by atoms with E-state index in [4.69, 9.17) is 4.74 Å². The second-order valence-electron chi connectivity index (χ2n) is 3.89. The molecule has 4 nitrogen and oxygen atoms in total. The molecule has 0 aliphatic heterocycles. The number of aliphatic hydroxyl groups excluding tert-OH is 1. The van der Waals surface area contributed by atoms with Crippen molar-refractivity contribution in [3.8, 4) is 5.75 Å². The summed E-state index contributed by atoms with van der Waals surface area (Å²) >= 11 is 0. The van der Waals surface area contributed by atoms with Crippen molar-refractivity contribution in [1.29, 1.82) is 0 Å². The Morgan fingerprint density at radius 2 is 2.05 bits per heavy atom. The van der Waals surface area contributed by atoms with Crippen LogP contribution in [0.4, 0.5) is 13.2 Å². The predicted octanol–water partition coefficient (Wildman–Crippen LogP) is 1.80. The summed E-state index contributed by atoms with van der Waals surface area (Å²) in [6.45, 7) is -0.418. The first kappa shape index (κ1) is 15.3. The molecule has 1 atom stereocenters. The van der Waals surface area contributed by atoms with Gasteiger partial charge in [-0.25, -0.2) is 0 Å². The van der Waals surface area contributed by atoms with E-state index in [9.17, 15) is 23.1 Å². The Labute approximate surface area is 108 Å². The fraction of sp³-hybridized carbons (Fsp3) is 0.417. The number of benzene rings is 1. The molecule has 0 fully saturated rings. The topological polar surface area (TPSA) is 58.6 Å². The van der Waals surface area contributed by atoms with Crippen molar-refractivity contribution in [2.45, 2.75) is 19.2 Å². The van der Waals surface area contributed by atoms with Crippen LogP contribution in [0.5, 0.6) is 5.75 Å². The number of hydrogen-bond donors (Lipinski definition) is 2. The van der Waals surface area contributed by atoms with Gasteiger partial charge in [-0.3, -0.25) is 4.79 Å². The number of nitrogens with one attached hydrogen (secondary N) is 1. The van der Waals surface area contributed by atoms with Crippen LogP contribution in [0.2, 0.25) is 0 Å². The molecule has 2 N–H and O–H groups in total. The second-order valence-corrected chi connectivity index (χ2v) is 3.89. The summed E-state index contributed by atoms with van der Waals surface area (Å²) in [5.41, 5.74) is 0.464. The highest BCUT2D eigenvalue weighted by atomic mass is 19.4. The Hall–Kier alpha value is -1.76. The van der Waals surface area contributed by atoms with Gasteiger partial charge >= 0.3 is 6.18 Å². The van der Waals surface area contributed by atoms with E-state index >= 15 is 0 Å². The molecular formula is C12H14F3NO3. The minimum absolute atomic E-state index is 0.264. The highest BCUT2D eigenvalue weighted by molar-refractivity contribution is 5.77. The van der Waals surface area contributed by atoms with Gasteiger partial charge in [0.05, 0.1) is 6.10 Å². The van der Waals surface area contributed by atoms with E-state index in [-0.39, 0.29) is 5.75 Å². The van der Waals surface area contributed by atoms with E-state index in [1.807, 2.05) is 0 Å². The van der Waals surface area contributed by atoms with Crippen LogP contribution in [0.15, 0.2) is 24.3 Å². The minimum Gasteiger partial charge on any atom is -0.483 e. The van der Waals surface area contributed by atoms with Gasteiger partial charge in [0.2, 0.25) is 0 Å². The average molecular weight is 277 g/mol. The maximum atomic E-state index is 11.9. The van der Waals surface area contributed by atoms with Crippen molar-refractivity contribution in [3.63, 3.8) is 0 Å². The summed E-state index contributed by atoms with van der Waals surface area (Å²) in [6, 6.07) is 6.44. The Kier molecular flexibility index (Phi) is 5.17. The van der Waals surface area contributed by atoms with E-state index < -0.39 is 31.3 Å². The minimum atomic E-state index is -4.45. The molecule has 1 rings (SSSR count). The molecule has 19 heavy (non-hydrogen) atoms. The van der Waals surface area contributed by atoms with Gasteiger partial charge in [-0.2, -0.15) is 13.2 Å². The molecule has 0 aliphatic carbocycles. The number of aliphatic hydroxyl groups is 1. The van der Waals surface area contributed by atoms with Gasteiger partial charge in [0.15, 0.2) is 6.61 Å². The second kappa shape index (κ2) is 6.42. The molecular weight excluding hydrogens is 263 g/mol. The monoisotopic (exact) mass is 277 g/mol. The highest BCUT2D eigenvalue weighted by Crippen LogP contribution is 2.24. The summed E-state index contributed by atoms with van der Waals surface area (Å²) in [4.78, 5) is 11.1. The van der Waals surface area contributed by atoms with Crippen LogP contribution in [-0.4, -0.2) is 30.3 Å². The first-order chi connectivity index (χ1) is 8.79. The SMILES string of the molecule is CC(O)c1ccccc1OCC(=O)NCC(F)(F)F. The normalized spacial score (nSPS) is 12.9. The molecule has 0 aromatic heterocycles. The largest absolute Gasteiger partial charge is 0.483 e. The van der Waals surface area contributed by atoms with Gasteiger partial charge in [-0.15, -0.1) is 0 Å². The molecule has 0 radical (unpaired) electrons. The quantitative estimate of drug-likeness (QED) is 0.862. The molecule has 0 spiro atoms. The molecule has 0 saturated carbocycles. The maximum absolute atomic E-state index is 11.9. The zero-order valence-electron chi connectivity index (χ0n) is 10.2. The number of ether oxygens (including phenoxy) is 1. The summed E-state index contributed by atoms with van der Waals surface area (Å²) in [7, 11) is 0. The van der Waals surface area contributed by atoms with Crippen molar-refractivity contribution in [2.24, 2.45) is 0 Å². The van der Waals surface area contributed by atoms with E-state index in [1.165, 1.54) is 13.0 Å². The number of rotatable bonds is 5. The molecule has 1 amide bonds. The standard InChI is InChI=1S/C12H14F3NO3/c1-8(17)9-4-2-3-5-10(9)19-6-11(18)16-7-12(13,14)15/h2-5,8,17H,6-7H2,1H3,(H,16,18). The number of carbonyl (C=O) groups excluding carboxylic acids is 1. The van der Waals surface area contributed by atoms with Gasteiger partial charge in [-0.05, 0) is 13.0 Å². The number of halogens is 3. The van der Waals surface area contributed by atoms with Gasteiger partial charge in [0.1, 0.15) is 12.3 Å². The average Bonchev–Trinajstić information content (AvgIpc) is 2.33. The molecule has 0 heterocycles. The molecule has 1 aromatic carbocycles. The lowest BCUT2D eigenvalue weighted by Crippen LogP contribution is -2.36. The lowest BCUT2D eigenvalue weighted by Gasteiger charge is -2.13. The zero-order valence-corrected chi connectivity index (χ0v) is 10.2. The number of para-hydroxylation sites is 1. The molecule has 1 unspecified atom stereocenters. The first-order valence-electron chi connectivity index (χ1n) is 5.53. The molecule has 0 bridgehead atoms. The lowest BCUT2D eigenvalue weighted by molar-refractivity contribution is -0.139. The Bertz CT molecular complexity index is 432. The van der Waals surface area contributed by atoms with Gasteiger partial charge in [0.25, 0.3) is 5.91 Å². The van der Waals surface area contributed by atoms with Gasteiger partial charge in [0, 0.05) is 5.56 Å². The van der Waals surface area contributed by atoms with E-state index in [0.717, 1.165) is 0 Å². The fourth-order valence-corrected chi connectivity index (χ4v) is 1.35. The van der Waals surface area contributed by atoms with Crippen LogP contribution >= 0.6 is 0 Å². The summed E-state index contributed by atoms with van der Waals surface area (Å²) in [6.07, 6.45) is -5.25. The van der Waals surface area contributed by atoms with Crippen LogP contribution in [0.3, 0.4) is 0 Å². The smallest absolute Gasteiger partial charge is 0.405 e. The van der Waals surface area contributed by atoms with Crippen LogP contribution in [0.25, 0.3) is 0 Å². The Balaban J connectivity index is 2.51.